The van der Waals surface area contributed by atoms with Crippen LogP contribution >= 0.6 is 0 Å². The van der Waals surface area contributed by atoms with Crippen molar-refractivity contribution in [3.05, 3.63) is 42.1 Å². The van der Waals surface area contributed by atoms with Crippen LogP contribution < -0.4 is 10.1 Å². The number of ether oxygens (including phenoxy) is 1. The quantitative estimate of drug-likeness (QED) is 0.755. The minimum absolute atomic E-state index is 0.0189. The summed E-state index contributed by atoms with van der Waals surface area (Å²) in [5, 5.41) is 7.42. The van der Waals surface area contributed by atoms with Gasteiger partial charge in [-0.15, -0.1) is 0 Å². The van der Waals surface area contributed by atoms with E-state index in [1.807, 2.05) is 41.9 Å². The van der Waals surface area contributed by atoms with Crippen molar-refractivity contribution in [3.63, 3.8) is 0 Å². The normalized spacial score (nSPS) is 15.1. The van der Waals surface area contributed by atoms with E-state index in [2.05, 4.69) is 10.4 Å². The second-order valence-corrected chi connectivity index (χ2v) is 6.77. The summed E-state index contributed by atoms with van der Waals surface area (Å²) in [5.74, 6) is 1.69. The second kappa shape index (κ2) is 8.70. The Morgan fingerprint density at radius 1 is 1.28 bits per heavy atom. The van der Waals surface area contributed by atoms with Crippen LogP contribution in [0.3, 0.4) is 0 Å². The number of benzene rings is 1. The van der Waals surface area contributed by atoms with Gasteiger partial charge in [0.2, 0.25) is 5.91 Å². The van der Waals surface area contributed by atoms with E-state index in [-0.39, 0.29) is 5.91 Å². The molecular formula is C20H27N3O2. The lowest BCUT2D eigenvalue weighted by Gasteiger charge is -2.23. The summed E-state index contributed by atoms with van der Waals surface area (Å²) in [6.45, 7) is 2.58. The lowest BCUT2D eigenvalue weighted by molar-refractivity contribution is -0.116. The van der Waals surface area contributed by atoms with E-state index < -0.39 is 0 Å². The van der Waals surface area contributed by atoms with Gasteiger partial charge in [-0.25, -0.2) is 4.68 Å². The molecule has 0 spiro atoms. The van der Waals surface area contributed by atoms with Crippen molar-refractivity contribution in [1.82, 2.24) is 9.78 Å². The van der Waals surface area contributed by atoms with Gasteiger partial charge in [0.05, 0.1) is 18.8 Å². The highest BCUT2D eigenvalue weighted by molar-refractivity contribution is 5.89. The van der Waals surface area contributed by atoms with Gasteiger partial charge in [0, 0.05) is 12.5 Å². The van der Waals surface area contributed by atoms with Crippen molar-refractivity contribution in [2.45, 2.75) is 57.9 Å². The summed E-state index contributed by atoms with van der Waals surface area (Å²) in [5.41, 5.74) is 1.17. The third-order valence-electron chi connectivity index (χ3n) is 4.66. The molecule has 1 saturated carbocycles. The number of hydrogen-bond acceptors (Lipinski definition) is 3. The molecule has 3 rings (SSSR count). The van der Waals surface area contributed by atoms with E-state index in [4.69, 9.17) is 4.74 Å². The van der Waals surface area contributed by atoms with Gasteiger partial charge in [-0.2, -0.15) is 5.10 Å². The lowest BCUT2D eigenvalue weighted by Crippen LogP contribution is -2.20. The third-order valence-corrected chi connectivity index (χ3v) is 4.66. The third kappa shape index (κ3) is 5.08. The van der Waals surface area contributed by atoms with Gasteiger partial charge in [-0.3, -0.25) is 4.79 Å². The van der Waals surface area contributed by atoms with Crippen molar-refractivity contribution < 1.29 is 9.53 Å². The molecule has 1 heterocycles. The first-order chi connectivity index (χ1) is 12.2. The Kier molecular flexibility index (Phi) is 6.09. The van der Waals surface area contributed by atoms with Crippen LogP contribution in [0.5, 0.6) is 5.75 Å². The molecule has 0 bridgehead atoms. The standard InChI is InChI=1S/C20H27N3O2/c1-16-7-5-10-18(15-16)25-14-6-11-20(24)22-19-12-13-21-23(19)17-8-3-2-4-9-17/h5,7,10,12-13,15,17H,2-4,6,8-9,11,14H2,1H3,(H,22,24). The van der Waals surface area contributed by atoms with Crippen molar-refractivity contribution in [2.75, 3.05) is 11.9 Å². The topological polar surface area (TPSA) is 56.1 Å². The van der Waals surface area contributed by atoms with Gasteiger partial charge in [0.25, 0.3) is 0 Å². The molecule has 25 heavy (non-hydrogen) atoms. The number of anilines is 1. The first kappa shape index (κ1) is 17.5. The van der Waals surface area contributed by atoms with Crippen LogP contribution in [-0.2, 0) is 4.79 Å². The highest BCUT2D eigenvalue weighted by Gasteiger charge is 2.19. The highest BCUT2D eigenvalue weighted by atomic mass is 16.5. The Labute approximate surface area is 149 Å². The molecule has 1 amide bonds. The average Bonchev–Trinajstić information content (AvgIpc) is 3.08. The molecule has 0 radical (unpaired) electrons. The number of carbonyl (C=O) groups is 1. The van der Waals surface area contributed by atoms with Gasteiger partial charge in [-0.1, -0.05) is 31.4 Å². The average molecular weight is 341 g/mol. The van der Waals surface area contributed by atoms with Crippen molar-refractivity contribution in [3.8, 4) is 5.75 Å². The molecule has 0 atom stereocenters. The van der Waals surface area contributed by atoms with Crippen molar-refractivity contribution in [2.24, 2.45) is 0 Å². The lowest BCUT2D eigenvalue weighted by atomic mass is 9.96. The van der Waals surface area contributed by atoms with Crippen LogP contribution in [0.15, 0.2) is 36.5 Å². The van der Waals surface area contributed by atoms with Crippen molar-refractivity contribution in [1.29, 1.82) is 0 Å². The first-order valence-corrected chi connectivity index (χ1v) is 9.25. The summed E-state index contributed by atoms with van der Waals surface area (Å²) in [6, 6.07) is 10.3. The Bertz CT molecular complexity index is 690. The van der Waals surface area contributed by atoms with Crippen LogP contribution in [-0.4, -0.2) is 22.3 Å². The van der Waals surface area contributed by atoms with E-state index >= 15 is 0 Å². The van der Waals surface area contributed by atoms with Gasteiger partial charge in [0.15, 0.2) is 0 Å². The molecule has 5 nitrogen and oxygen atoms in total. The molecule has 1 aromatic heterocycles. The zero-order valence-electron chi connectivity index (χ0n) is 14.9. The van der Waals surface area contributed by atoms with Crippen LogP contribution in [0, 0.1) is 6.92 Å². The molecular weight excluding hydrogens is 314 g/mol. The van der Waals surface area contributed by atoms with E-state index in [0.717, 1.165) is 24.4 Å². The van der Waals surface area contributed by atoms with Crippen LogP contribution in [0.1, 0.15) is 56.6 Å². The maximum absolute atomic E-state index is 12.2. The molecule has 1 fully saturated rings. The smallest absolute Gasteiger partial charge is 0.225 e. The van der Waals surface area contributed by atoms with Gasteiger partial charge >= 0.3 is 0 Å². The molecule has 1 aliphatic rings. The van der Waals surface area contributed by atoms with Gasteiger partial charge < -0.3 is 10.1 Å². The Morgan fingerprint density at radius 2 is 2.12 bits per heavy atom. The number of hydrogen-bond donors (Lipinski definition) is 1. The van der Waals surface area contributed by atoms with Crippen LogP contribution in [0.4, 0.5) is 5.82 Å². The number of amides is 1. The predicted octanol–water partition coefficient (Wildman–Crippen LogP) is 4.49. The summed E-state index contributed by atoms with van der Waals surface area (Å²) >= 11 is 0. The zero-order chi connectivity index (χ0) is 17.5. The zero-order valence-corrected chi connectivity index (χ0v) is 14.9. The summed E-state index contributed by atoms with van der Waals surface area (Å²) in [7, 11) is 0. The Hall–Kier alpha value is -2.30. The molecule has 0 saturated heterocycles. The number of nitrogens with zero attached hydrogens (tertiary/aromatic N) is 2. The minimum atomic E-state index is 0.0189. The Morgan fingerprint density at radius 3 is 2.92 bits per heavy atom. The number of rotatable bonds is 7. The number of aryl methyl sites for hydroxylation is 1. The van der Waals surface area contributed by atoms with Crippen molar-refractivity contribution >= 4 is 11.7 Å². The second-order valence-electron chi connectivity index (χ2n) is 6.77. The number of aromatic nitrogens is 2. The Balaban J connectivity index is 1.43. The minimum Gasteiger partial charge on any atom is -0.494 e. The highest BCUT2D eigenvalue weighted by Crippen LogP contribution is 2.29. The van der Waals surface area contributed by atoms with Gasteiger partial charge in [-0.05, 0) is 43.9 Å². The predicted molar refractivity (Wildman–Crippen MR) is 98.9 cm³/mol. The number of nitrogens with one attached hydrogen (secondary N) is 1. The van der Waals surface area contributed by atoms with E-state index in [1.54, 1.807) is 6.20 Å². The molecule has 1 aromatic carbocycles. The molecule has 134 valence electrons. The monoisotopic (exact) mass is 341 g/mol. The summed E-state index contributed by atoms with van der Waals surface area (Å²) < 4.78 is 7.68. The SMILES string of the molecule is Cc1cccc(OCCCC(=O)Nc2ccnn2C2CCCCC2)c1. The molecule has 2 aromatic rings. The number of carbonyl (C=O) groups excluding carboxylic acids is 1. The van der Waals surface area contributed by atoms with E-state index in [0.29, 0.717) is 25.5 Å². The van der Waals surface area contributed by atoms with E-state index in [1.165, 1.54) is 24.8 Å². The maximum atomic E-state index is 12.2. The molecule has 5 heteroatoms. The fourth-order valence-corrected chi connectivity index (χ4v) is 3.36. The molecule has 1 N–H and O–H groups in total. The van der Waals surface area contributed by atoms with Crippen LogP contribution in [0.25, 0.3) is 0 Å². The summed E-state index contributed by atoms with van der Waals surface area (Å²) in [4.78, 5) is 12.2. The van der Waals surface area contributed by atoms with E-state index in [9.17, 15) is 4.79 Å². The fraction of sp³-hybridized carbons (Fsp3) is 0.500. The molecule has 1 aliphatic carbocycles. The summed E-state index contributed by atoms with van der Waals surface area (Å²) in [6.07, 6.45) is 9.00. The molecule has 0 unspecified atom stereocenters. The van der Waals surface area contributed by atoms with Crippen LogP contribution in [0.2, 0.25) is 0 Å². The maximum Gasteiger partial charge on any atom is 0.225 e. The largest absolute Gasteiger partial charge is 0.494 e. The fourth-order valence-electron chi connectivity index (χ4n) is 3.36. The molecule has 0 aliphatic heterocycles. The van der Waals surface area contributed by atoms with Gasteiger partial charge in [0.1, 0.15) is 11.6 Å². The first-order valence-electron chi connectivity index (χ1n) is 9.25.